The molecule has 1 aromatic heterocycles. The van der Waals surface area contributed by atoms with E-state index in [4.69, 9.17) is 16.1 Å². The van der Waals surface area contributed by atoms with Gasteiger partial charge in [-0.3, -0.25) is 9.69 Å². The fourth-order valence-corrected chi connectivity index (χ4v) is 3.17. The van der Waals surface area contributed by atoms with Crippen LogP contribution in [0.5, 0.6) is 0 Å². The van der Waals surface area contributed by atoms with Gasteiger partial charge in [-0.25, -0.2) is 4.79 Å². The van der Waals surface area contributed by atoms with Crippen LogP contribution in [-0.2, 0) is 16.8 Å². The van der Waals surface area contributed by atoms with Gasteiger partial charge >= 0.3 is 6.03 Å². The standard InChI is InChI=1S/C17H18ClN3O3/c1-10-14(11(2)24-20-10)7-8-21-15(22)17(3,19-16(21)23)12-5-4-6-13(18)9-12/h4-6,9H,7-8H2,1-3H3,(H,19,23)/t17-/m0/s1. The number of halogens is 1. The summed E-state index contributed by atoms with van der Waals surface area (Å²) in [5.74, 6) is 0.415. The number of carbonyl (C=O) groups is 2. The molecule has 1 aliphatic heterocycles. The second kappa shape index (κ2) is 5.94. The third kappa shape index (κ3) is 2.67. The molecule has 2 heterocycles. The number of nitrogens with zero attached hydrogens (tertiary/aromatic N) is 2. The first-order valence-electron chi connectivity index (χ1n) is 7.65. The summed E-state index contributed by atoms with van der Waals surface area (Å²) in [6.45, 7) is 5.61. The summed E-state index contributed by atoms with van der Waals surface area (Å²) in [7, 11) is 0. The summed E-state index contributed by atoms with van der Waals surface area (Å²) in [6.07, 6.45) is 0.506. The highest BCUT2D eigenvalue weighted by atomic mass is 35.5. The Labute approximate surface area is 144 Å². The Morgan fingerprint density at radius 3 is 2.71 bits per heavy atom. The van der Waals surface area contributed by atoms with Crippen molar-refractivity contribution in [2.75, 3.05) is 6.54 Å². The van der Waals surface area contributed by atoms with Crippen molar-refractivity contribution >= 4 is 23.5 Å². The topological polar surface area (TPSA) is 75.4 Å². The van der Waals surface area contributed by atoms with E-state index in [1.165, 1.54) is 4.90 Å². The van der Waals surface area contributed by atoms with Crippen molar-refractivity contribution in [3.8, 4) is 0 Å². The van der Waals surface area contributed by atoms with Gasteiger partial charge in [0, 0.05) is 17.1 Å². The van der Waals surface area contributed by atoms with Crippen LogP contribution < -0.4 is 5.32 Å². The third-order valence-corrected chi connectivity index (χ3v) is 4.68. The maximum absolute atomic E-state index is 12.8. The molecule has 1 fully saturated rings. The van der Waals surface area contributed by atoms with Crippen LogP contribution in [0.2, 0.25) is 5.02 Å². The number of rotatable bonds is 4. The van der Waals surface area contributed by atoms with Gasteiger partial charge < -0.3 is 9.84 Å². The van der Waals surface area contributed by atoms with E-state index < -0.39 is 11.6 Å². The Bertz CT molecular complexity index is 798. The number of hydrogen-bond acceptors (Lipinski definition) is 4. The maximum atomic E-state index is 12.8. The van der Waals surface area contributed by atoms with Crippen LogP contribution in [0.15, 0.2) is 28.8 Å². The van der Waals surface area contributed by atoms with Gasteiger partial charge in [0.25, 0.3) is 5.91 Å². The average Bonchev–Trinajstić information content (AvgIpc) is 2.96. The van der Waals surface area contributed by atoms with Gasteiger partial charge in [0.2, 0.25) is 0 Å². The van der Waals surface area contributed by atoms with Crippen molar-refractivity contribution in [1.29, 1.82) is 0 Å². The van der Waals surface area contributed by atoms with E-state index in [9.17, 15) is 9.59 Å². The monoisotopic (exact) mass is 347 g/mol. The number of carbonyl (C=O) groups excluding carboxylic acids is 2. The van der Waals surface area contributed by atoms with Gasteiger partial charge in [-0.2, -0.15) is 0 Å². The fourth-order valence-electron chi connectivity index (χ4n) is 2.98. The Morgan fingerprint density at radius 1 is 1.33 bits per heavy atom. The number of urea groups is 1. The molecule has 7 heteroatoms. The highest BCUT2D eigenvalue weighted by molar-refractivity contribution is 6.30. The molecule has 24 heavy (non-hydrogen) atoms. The quantitative estimate of drug-likeness (QED) is 0.863. The second-order valence-electron chi connectivity index (χ2n) is 6.08. The molecule has 3 rings (SSSR count). The lowest BCUT2D eigenvalue weighted by molar-refractivity contribution is -0.131. The van der Waals surface area contributed by atoms with Crippen molar-refractivity contribution in [1.82, 2.24) is 15.4 Å². The first-order chi connectivity index (χ1) is 11.3. The largest absolute Gasteiger partial charge is 0.361 e. The number of imide groups is 1. The molecule has 0 spiro atoms. The first kappa shape index (κ1) is 16.5. The van der Waals surface area contributed by atoms with Crippen LogP contribution in [0.25, 0.3) is 0 Å². The molecular weight excluding hydrogens is 330 g/mol. The van der Waals surface area contributed by atoms with Crippen LogP contribution in [0.3, 0.4) is 0 Å². The van der Waals surface area contributed by atoms with E-state index in [0.29, 0.717) is 22.8 Å². The number of aromatic nitrogens is 1. The SMILES string of the molecule is Cc1noc(C)c1CCN1C(=O)N[C@@](C)(c2cccc(Cl)c2)C1=O. The van der Waals surface area contributed by atoms with Crippen LogP contribution >= 0.6 is 11.6 Å². The lowest BCUT2D eigenvalue weighted by Crippen LogP contribution is -2.41. The summed E-state index contributed by atoms with van der Waals surface area (Å²) in [5.41, 5.74) is 1.25. The van der Waals surface area contributed by atoms with Crippen molar-refractivity contribution in [2.45, 2.75) is 32.7 Å². The number of nitrogens with one attached hydrogen (secondary N) is 1. The molecule has 1 aromatic carbocycles. The molecule has 0 saturated carbocycles. The fraction of sp³-hybridized carbons (Fsp3) is 0.353. The molecule has 6 nitrogen and oxygen atoms in total. The molecule has 0 unspecified atom stereocenters. The van der Waals surface area contributed by atoms with Crippen molar-refractivity contribution in [3.63, 3.8) is 0 Å². The molecule has 2 aromatic rings. The minimum atomic E-state index is -1.11. The number of aryl methyl sites for hydroxylation is 2. The molecule has 1 atom stereocenters. The Hall–Kier alpha value is -2.34. The predicted octanol–water partition coefficient (Wildman–Crippen LogP) is 2.95. The zero-order valence-corrected chi connectivity index (χ0v) is 14.5. The molecular formula is C17H18ClN3O3. The summed E-state index contributed by atoms with van der Waals surface area (Å²) in [6, 6.07) is 6.55. The zero-order valence-electron chi connectivity index (χ0n) is 13.7. The van der Waals surface area contributed by atoms with Crippen molar-refractivity contribution in [2.24, 2.45) is 0 Å². The lowest BCUT2D eigenvalue weighted by Gasteiger charge is -2.22. The Morgan fingerprint density at radius 2 is 2.08 bits per heavy atom. The van der Waals surface area contributed by atoms with E-state index in [1.54, 1.807) is 31.2 Å². The summed E-state index contributed by atoms with van der Waals surface area (Å²) in [4.78, 5) is 26.4. The Kier molecular flexibility index (Phi) is 4.09. The summed E-state index contributed by atoms with van der Waals surface area (Å²) >= 11 is 6.01. The van der Waals surface area contributed by atoms with Gasteiger partial charge in [0.1, 0.15) is 11.3 Å². The van der Waals surface area contributed by atoms with Crippen LogP contribution in [-0.4, -0.2) is 28.5 Å². The average molecular weight is 348 g/mol. The smallest absolute Gasteiger partial charge is 0.325 e. The van der Waals surface area contributed by atoms with Gasteiger partial charge in [0.15, 0.2) is 0 Å². The summed E-state index contributed by atoms with van der Waals surface area (Å²) < 4.78 is 5.12. The molecule has 0 radical (unpaired) electrons. The molecule has 126 valence electrons. The molecule has 1 aliphatic rings. The number of amides is 3. The van der Waals surface area contributed by atoms with Gasteiger partial charge in [-0.1, -0.05) is 28.9 Å². The normalized spacial score (nSPS) is 20.6. The van der Waals surface area contributed by atoms with Crippen LogP contribution in [0.4, 0.5) is 4.79 Å². The van der Waals surface area contributed by atoms with Gasteiger partial charge in [0.05, 0.1) is 5.69 Å². The van der Waals surface area contributed by atoms with Gasteiger partial charge in [-0.05, 0) is 44.9 Å². The molecule has 0 bridgehead atoms. The number of hydrogen-bond donors (Lipinski definition) is 1. The lowest BCUT2D eigenvalue weighted by atomic mass is 9.92. The van der Waals surface area contributed by atoms with E-state index in [-0.39, 0.29) is 12.5 Å². The zero-order chi connectivity index (χ0) is 17.5. The highest BCUT2D eigenvalue weighted by Crippen LogP contribution is 2.30. The summed E-state index contributed by atoms with van der Waals surface area (Å²) in [5, 5.41) is 7.18. The van der Waals surface area contributed by atoms with Crippen molar-refractivity contribution in [3.05, 3.63) is 51.9 Å². The van der Waals surface area contributed by atoms with Crippen molar-refractivity contribution < 1.29 is 14.1 Å². The molecule has 0 aliphatic carbocycles. The maximum Gasteiger partial charge on any atom is 0.325 e. The van der Waals surface area contributed by atoms with E-state index in [2.05, 4.69) is 10.5 Å². The molecule has 1 saturated heterocycles. The molecule has 1 N–H and O–H groups in total. The van der Waals surface area contributed by atoms with E-state index in [1.807, 2.05) is 13.8 Å². The minimum Gasteiger partial charge on any atom is -0.361 e. The minimum absolute atomic E-state index is 0.268. The van der Waals surface area contributed by atoms with Crippen LogP contribution in [0.1, 0.15) is 29.5 Å². The molecule has 3 amide bonds. The van der Waals surface area contributed by atoms with Gasteiger partial charge in [-0.15, -0.1) is 0 Å². The highest BCUT2D eigenvalue weighted by Gasteiger charge is 2.48. The Balaban J connectivity index is 1.81. The van der Waals surface area contributed by atoms with E-state index >= 15 is 0 Å². The number of benzene rings is 1. The van der Waals surface area contributed by atoms with E-state index in [0.717, 1.165) is 11.3 Å². The second-order valence-corrected chi connectivity index (χ2v) is 6.51. The predicted molar refractivity (Wildman–Crippen MR) is 88.7 cm³/mol. The third-order valence-electron chi connectivity index (χ3n) is 4.44. The van der Waals surface area contributed by atoms with Crippen LogP contribution in [0, 0.1) is 13.8 Å². The first-order valence-corrected chi connectivity index (χ1v) is 8.02.